The third-order valence-corrected chi connectivity index (χ3v) is 2.35. The van der Waals surface area contributed by atoms with Crippen molar-refractivity contribution < 1.29 is 26.3 Å². The van der Waals surface area contributed by atoms with Crippen molar-refractivity contribution in [2.24, 2.45) is 7.05 Å². The summed E-state index contributed by atoms with van der Waals surface area (Å²) in [6.45, 7) is 0.894. The number of nitrogens with zero attached hydrogens (tertiary/aromatic N) is 2. The van der Waals surface area contributed by atoms with Gasteiger partial charge in [-0.1, -0.05) is 12.1 Å². The summed E-state index contributed by atoms with van der Waals surface area (Å²) in [6, 6.07) is 8.13. The summed E-state index contributed by atoms with van der Waals surface area (Å²) in [5.74, 6) is 0.900. The van der Waals surface area contributed by atoms with Crippen LogP contribution in [0.1, 0.15) is 5.56 Å². The molecule has 1 aromatic heterocycles. The molecule has 4 heteroatoms. The molecule has 86 valence electrons. The Balaban J connectivity index is 0.00000128. The molecule has 0 aliphatic heterocycles. The Morgan fingerprint density at radius 3 is 2.44 bits per heavy atom. The van der Waals surface area contributed by atoms with E-state index in [1.807, 2.05) is 29.9 Å². The van der Waals surface area contributed by atoms with E-state index in [4.69, 9.17) is 4.74 Å². The molecule has 3 nitrogen and oxygen atoms in total. The van der Waals surface area contributed by atoms with Gasteiger partial charge in [-0.25, -0.2) is 9.13 Å². The molecule has 0 N–H and O–H groups in total. The summed E-state index contributed by atoms with van der Waals surface area (Å²) in [6.07, 6.45) is 6.15. The number of hydrogen-bond acceptors (Lipinski definition) is 1. The van der Waals surface area contributed by atoms with Crippen molar-refractivity contribution in [2.75, 3.05) is 7.11 Å². The van der Waals surface area contributed by atoms with Crippen LogP contribution in [0.3, 0.4) is 0 Å². The molecule has 0 saturated heterocycles. The topological polar surface area (TPSA) is 18.0 Å². The first-order chi connectivity index (χ1) is 7.28. The van der Waals surface area contributed by atoms with Crippen LogP contribution >= 0.6 is 0 Å². The minimum Gasteiger partial charge on any atom is -1.00 e. The van der Waals surface area contributed by atoms with Gasteiger partial charge >= 0.3 is 0 Å². The second-order valence-corrected chi connectivity index (χ2v) is 3.60. The number of aromatic nitrogens is 2. The SMILES string of the molecule is COc1ccc(Cn2cc[n+](C)c2)cc1.[Br-]. The van der Waals surface area contributed by atoms with Gasteiger partial charge < -0.3 is 21.7 Å². The highest BCUT2D eigenvalue weighted by molar-refractivity contribution is 5.27. The fraction of sp³-hybridized carbons (Fsp3) is 0.250. The Bertz CT molecular complexity index is 437. The molecule has 0 amide bonds. The van der Waals surface area contributed by atoms with E-state index in [0.29, 0.717) is 0 Å². The number of rotatable bonds is 3. The summed E-state index contributed by atoms with van der Waals surface area (Å²) in [5, 5.41) is 0. The number of halogens is 1. The van der Waals surface area contributed by atoms with Crippen molar-refractivity contribution in [2.45, 2.75) is 6.54 Å². The van der Waals surface area contributed by atoms with Crippen molar-refractivity contribution in [3.8, 4) is 5.75 Å². The highest BCUT2D eigenvalue weighted by atomic mass is 79.9. The van der Waals surface area contributed by atoms with Crippen LogP contribution in [0.2, 0.25) is 0 Å². The van der Waals surface area contributed by atoms with Gasteiger partial charge in [0, 0.05) is 0 Å². The van der Waals surface area contributed by atoms with Gasteiger partial charge in [0.2, 0.25) is 6.33 Å². The second-order valence-electron chi connectivity index (χ2n) is 3.60. The lowest BCUT2D eigenvalue weighted by Gasteiger charge is -2.00. The first kappa shape index (κ1) is 12.8. The quantitative estimate of drug-likeness (QED) is 0.619. The van der Waals surface area contributed by atoms with Crippen LogP contribution in [0.15, 0.2) is 43.0 Å². The van der Waals surface area contributed by atoms with Crippen molar-refractivity contribution >= 4 is 0 Å². The fourth-order valence-corrected chi connectivity index (χ4v) is 1.54. The van der Waals surface area contributed by atoms with E-state index in [0.717, 1.165) is 12.3 Å². The molecule has 1 heterocycles. The summed E-state index contributed by atoms with van der Waals surface area (Å²) in [7, 11) is 3.70. The largest absolute Gasteiger partial charge is 1.00 e. The normalized spacial score (nSPS) is 9.62. The lowest BCUT2D eigenvalue weighted by molar-refractivity contribution is -0.671. The molecular formula is C12H15BrN2O. The third-order valence-electron chi connectivity index (χ3n) is 2.35. The number of methoxy groups -OCH3 is 1. The summed E-state index contributed by atoms with van der Waals surface area (Å²) in [4.78, 5) is 0. The minimum absolute atomic E-state index is 0. The van der Waals surface area contributed by atoms with Crippen molar-refractivity contribution in [1.29, 1.82) is 0 Å². The van der Waals surface area contributed by atoms with E-state index in [2.05, 4.69) is 29.2 Å². The molecule has 0 atom stereocenters. The van der Waals surface area contributed by atoms with E-state index in [9.17, 15) is 0 Å². The van der Waals surface area contributed by atoms with Crippen LogP contribution in [-0.4, -0.2) is 11.7 Å². The fourth-order valence-electron chi connectivity index (χ4n) is 1.54. The predicted octanol–water partition coefficient (Wildman–Crippen LogP) is -1.63. The van der Waals surface area contributed by atoms with Gasteiger partial charge in [-0.2, -0.15) is 0 Å². The van der Waals surface area contributed by atoms with Gasteiger partial charge in [-0.3, -0.25) is 0 Å². The molecule has 0 aliphatic carbocycles. The third kappa shape index (κ3) is 3.10. The first-order valence-corrected chi connectivity index (χ1v) is 4.92. The molecule has 16 heavy (non-hydrogen) atoms. The maximum absolute atomic E-state index is 5.11. The second kappa shape index (κ2) is 5.70. The Hall–Kier alpha value is -1.29. The maximum Gasteiger partial charge on any atom is 0.243 e. The predicted molar refractivity (Wildman–Crippen MR) is 57.7 cm³/mol. The maximum atomic E-state index is 5.11. The van der Waals surface area contributed by atoms with Crippen LogP contribution in [0.4, 0.5) is 0 Å². The summed E-state index contributed by atoms with van der Waals surface area (Å²) in [5.41, 5.74) is 1.27. The molecule has 0 spiro atoms. The zero-order valence-electron chi connectivity index (χ0n) is 9.43. The lowest BCUT2D eigenvalue weighted by Crippen LogP contribution is -3.00. The first-order valence-electron chi connectivity index (χ1n) is 4.92. The highest BCUT2D eigenvalue weighted by Crippen LogP contribution is 2.11. The van der Waals surface area contributed by atoms with Gasteiger partial charge in [-0.05, 0) is 17.7 Å². The molecule has 0 bridgehead atoms. The van der Waals surface area contributed by atoms with Crippen molar-refractivity contribution in [1.82, 2.24) is 4.57 Å². The van der Waals surface area contributed by atoms with Crippen LogP contribution in [0.5, 0.6) is 5.75 Å². The van der Waals surface area contributed by atoms with Gasteiger partial charge in [0.05, 0.1) is 14.2 Å². The van der Waals surface area contributed by atoms with Crippen LogP contribution in [-0.2, 0) is 13.6 Å². The van der Waals surface area contributed by atoms with E-state index in [1.165, 1.54) is 5.56 Å². The molecule has 2 aromatic rings. The summed E-state index contributed by atoms with van der Waals surface area (Å²) < 4.78 is 9.28. The number of ether oxygens (including phenoxy) is 1. The molecular weight excluding hydrogens is 268 g/mol. The smallest absolute Gasteiger partial charge is 0.243 e. The van der Waals surface area contributed by atoms with Gasteiger partial charge in [0.15, 0.2) is 0 Å². The van der Waals surface area contributed by atoms with Crippen LogP contribution in [0, 0.1) is 0 Å². The van der Waals surface area contributed by atoms with Gasteiger partial charge in [-0.15, -0.1) is 0 Å². The zero-order chi connectivity index (χ0) is 10.7. The lowest BCUT2D eigenvalue weighted by atomic mass is 10.2. The molecule has 1 aromatic carbocycles. The van der Waals surface area contributed by atoms with Gasteiger partial charge in [0.1, 0.15) is 24.7 Å². The molecule has 0 fully saturated rings. The molecule has 0 aliphatic rings. The number of hydrogen-bond donors (Lipinski definition) is 0. The Morgan fingerprint density at radius 2 is 1.94 bits per heavy atom. The average Bonchev–Trinajstić information content (AvgIpc) is 2.65. The Morgan fingerprint density at radius 1 is 1.25 bits per heavy atom. The van der Waals surface area contributed by atoms with Crippen LogP contribution in [0.25, 0.3) is 0 Å². The molecule has 2 rings (SSSR count). The summed E-state index contributed by atoms with van der Waals surface area (Å²) >= 11 is 0. The zero-order valence-corrected chi connectivity index (χ0v) is 11.0. The molecule has 0 saturated carbocycles. The highest BCUT2D eigenvalue weighted by Gasteiger charge is 2.01. The van der Waals surface area contributed by atoms with E-state index >= 15 is 0 Å². The van der Waals surface area contributed by atoms with E-state index < -0.39 is 0 Å². The van der Waals surface area contributed by atoms with E-state index in [1.54, 1.807) is 7.11 Å². The minimum atomic E-state index is 0. The number of benzene rings is 1. The van der Waals surface area contributed by atoms with Gasteiger partial charge in [0.25, 0.3) is 0 Å². The Labute approximate surface area is 106 Å². The standard InChI is InChI=1S/C12H15N2O.BrH/c1-13-7-8-14(10-13)9-11-3-5-12(15-2)6-4-11;/h3-8,10H,9H2,1-2H3;1H/q+1;/p-1. The number of aryl methyl sites for hydroxylation is 1. The Kier molecular flexibility index (Phi) is 4.55. The molecule has 0 radical (unpaired) electrons. The average molecular weight is 283 g/mol. The van der Waals surface area contributed by atoms with E-state index in [-0.39, 0.29) is 17.0 Å². The number of imidazole rings is 1. The van der Waals surface area contributed by atoms with Crippen molar-refractivity contribution in [3.63, 3.8) is 0 Å². The van der Waals surface area contributed by atoms with Crippen LogP contribution < -0.4 is 26.3 Å². The monoisotopic (exact) mass is 282 g/mol. The van der Waals surface area contributed by atoms with Crippen molar-refractivity contribution in [3.05, 3.63) is 48.5 Å². The molecule has 0 unspecified atom stereocenters.